The van der Waals surface area contributed by atoms with Gasteiger partial charge in [0, 0.05) is 31.2 Å². The number of nitrogens with one attached hydrogen (secondary N) is 1. The molecule has 0 saturated carbocycles. The highest BCUT2D eigenvalue weighted by Crippen LogP contribution is 2.21. The molecule has 0 aromatic carbocycles. The molecule has 3 rings (SSSR count). The summed E-state index contributed by atoms with van der Waals surface area (Å²) < 4.78 is 0. The second-order valence-electron chi connectivity index (χ2n) is 5.02. The van der Waals surface area contributed by atoms with E-state index < -0.39 is 0 Å². The molecular weight excluding hydrogens is 355 g/mol. The van der Waals surface area contributed by atoms with Gasteiger partial charge in [-0.3, -0.25) is 9.78 Å². The highest BCUT2D eigenvalue weighted by molar-refractivity contribution is 7.13. The van der Waals surface area contributed by atoms with Crippen LogP contribution in [0, 0.1) is 0 Å². The van der Waals surface area contributed by atoms with Crippen LogP contribution in [0.3, 0.4) is 0 Å². The molecule has 1 amide bonds. The van der Waals surface area contributed by atoms with Crippen LogP contribution in [0.2, 0.25) is 0 Å². The number of aromatic nitrogens is 2. The summed E-state index contributed by atoms with van der Waals surface area (Å²) >= 11 is 1.54. The first-order chi connectivity index (χ1) is 10.3. The average Bonchev–Trinajstić information content (AvgIpc) is 2.81. The van der Waals surface area contributed by atoms with E-state index in [-0.39, 0.29) is 30.7 Å². The lowest BCUT2D eigenvalue weighted by molar-refractivity contribution is -0.130. The minimum atomic E-state index is 0. The Morgan fingerprint density at radius 2 is 2.13 bits per heavy atom. The zero-order valence-corrected chi connectivity index (χ0v) is 15.1. The maximum absolute atomic E-state index is 12.3. The van der Waals surface area contributed by atoms with Gasteiger partial charge < -0.3 is 10.2 Å². The smallest absolute Gasteiger partial charge is 0.228 e. The Hall–Kier alpha value is -1.21. The maximum Gasteiger partial charge on any atom is 0.228 e. The molecular formula is C15H20Cl2N4OS. The van der Waals surface area contributed by atoms with Crippen molar-refractivity contribution >= 4 is 42.1 Å². The molecule has 3 heterocycles. The number of carbonyl (C=O) groups is 1. The number of thiazole rings is 1. The third-order valence-electron chi connectivity index (χ3n) is 3.46. The van der Waals surface area contributed by atoms with E-state index in [0.717, 1.165) is 49.0 Å². The summed E-state index contributed by atoms with van der Waals surface area (Å²) in [5, 5.41) is 6.13. The van der Waals surface area contributed by atoms with Crippen LogP contribution in [0.15, 0.2) is 29.8 Å². The Morgan fingerprint density at radius 1 is 1.26 bits per heavy atom. The van der Waals surface area contributed by atoms with Crippen LogP contribution < -0.4 is 5.32 Å². The maximum atomic E-state index is 12.3. The molecule has 0 spiro atoms. The first-order valence-electron chi connectivity index (χ1n) is 7.17. The first-order valence-corrected chi connectivity index (χ1v) is 8.05. The number of nitrogens with zero attached hydrogens (tertiary/aromatic N) is 3. The third-order valence-corrected chi connectivity index (χ3v) is 4.37. The number of halogens is 2. The number of carbonyl (C=O) groups excluding carboxylic acids is 1. The van der Waals surface area contributed by atoms with Gasteiger partial charge >= 0.3 is 0 Å². The van der Waals surface area contributed by atoms with Crippen molar-refractivity contribution in [2.75, 3.05) is 26.2 Å². The molecule has 1 aliphatic rings. The van der Waals surface area contributed by atoms with E-state index in [9.17, 15) is 4.79 Å². The normalized spacial score (nSPS) is 14.3. The van der Waals surface area contributed by atoms with Crippen LogP contribution in [-0.2, 0) is 11.2 Å². The lowest BCUT2D eigenvalue weighted by atomic mass is 10.3. The molecule has 126 valence electrons. The third kappa shape index (κ3) is 5.42. The Kier molecular flexibility index (Phi) is 8.47. The van der Waals surface area contributed by atoms with Crippen molar-refractivity contribution in [3.05, 3.63) is 35.5 Å². The number of amides is 1. The number of hydrogen-bond acceptors (Lipinski definition) is 5. The molecule has 0 radical (unpaired) electrons. The molecule has 1 N–H and O–H groups in total. The zero-order chi connectivity index (χ0) is 14.5. The SMILES string of the molecule is Cl.Cl.O=C(Cc1csc(-c2ccccn2)n1)N1CCCNCC1. The predicted octanol–water partition coefficient (Wildman–Crippen LogP) is 2.41. The van der Waals surface area contributed by atoms with Crippen LogP contribution in [0.25, 0.3) is 10.7 Å². The van der Waals surface area contributed by atoms with E-state index in [0.29, 0.717) is 6.42 Å². The molecule has 1 saturated heterocycles. The van der Waals surface area contributed by atoms with Crippen molar-refractivity contribution in [2.45, 2.75) is 12.8 Å². The minimum absolute atomic E-state index is 0. The minimum Gasteiger partial charge on any atom is -0.341 e. The van der Waals surface area contributed by atoms with Crippen molar-refractivity contribution in [3.8, 4) is 10.7 Å². The Balaban J connectivity index is 0.00000132. The summed E-state index contributed by atoms with van der Waals surface area (Å²) in [5.41, 5.74) is 1.70. The zero-order valence-electron chi connectivity index (χ0n) is 12.6. The van der Waals surface area contributed by atoms with E-state index in [1.807, 2.05) is 28.5 Å². The largest absolute Gasteiger partial charge is 0.341 e. The highest BCUT2D eigenvalue weighted by atomic mass is 35.5. The molecule has 2 aromatic heterocycles. The second kappa shape index (κ2) is 9.82. The van der Waals surface area contributed by atoms with Gasteiger partial charge in [0.25, 0.3) is 0 Å². The van der Waals surface area contributed by atoms with Crippen molar-refractivity contribution < 1.29 is 4.79 Å². The van der Waals surface area contributed by atoms with Crippen LogP contribution in [-0.4, -0.2) is 47.0 Å². The van der Waals surface area contributed by atoms with Gasteiger partial charge in [0.15, 0.2) is 0 Å². The summed E-state index contributed by atoms with van der Waals surface area (Å²) in [7, 11) is 0. The highest BCUT2D eigenvalue weighted by Gasteiger charge is 2.17. The molecule has 5 nitrogen and oxygen atoms in total. The average molecular weight is 375 g/mol. The summed E-state index contributed by atoms with van der Waals surface area (Å²) in [4.78, 5) is 23.1. The lowest BCUT2D eigenvalue weighted by Crippen LogP contribution is -2.35. The van der Waals surface area contributed by atoms with Crippen molar-refractivity contribution in [1.29, 1.82) is 0 Å². The Morgan fingerprint density at radius 3 is 2.91 bits per heavy atom. The van der Waals surface area contributed by atoms with Crippen molar-refractivity contribution in [2.24, 2.45) is 0 Å². The fourth-order valence-electron chi connectivity index (χ4n) is 2.36. The summed E-state index contributed by atoms with van der Waals surface area (Å²) in [6.07, 6.45) is 3.15. The van der Waals surface area contributed by atoms with Gasteiger partial charge in [-0.1, -0.05) is 6.07 Å². The van der Waals surface area contributed by atoms with Gasteiger partial charge in [-0.15, -0.1) is 36.2 Å². The Bertz CT molecular complexity index is 601. The van der Waals surface area contributed by atoms with Crippen LogP contribution in [0.4, 0.5) is 0 Å². The van der Waals surface area contributed by atoms with Gasteiger partial charge in [0.2, 0.25) is 5.91 Å². The monoisotopic (exact) mass is 374 g/mol. The standard InChI is InChI=1S/C15H18N4OS.2ClH/c20-14(19-8-3-5-16-7-9-19)10-12-11-21-15(18-12)13-4-1-2-6-17-13;;/h1-2,4,6,11,16H,3,5,7-10H2;2*1H. The molecule has 0 atom stereocenters. The van der Waals surface area contributed by atoms with Crippen LogP contribution >= 0.6 is 36.2 Å². The molecule has 0 bridgehead atoms. The molecule has 8 heteroatoms. The van der Waals surface area contributed by atoms with Crippen molar-refractivity contribution in [1.82, 2.24) is 20.2 Å². The fourth-order valence-corrected chi connectivity index (χ4v) is 3.15. The van der Waals surface area contributed by atoms with Crippen molar-refractivity contribution in [3.63, 3.8) is 0 Å². The first kappa shape index (κ1) is 19.8. The van der Waals surface area contributed by atoms with E-state index in [1.165, 1.54) is 11.3 Å². The second-order valence-corrected chi connectivity index (χ2v) is 5.88. The van der Waals surface area contributed by atoms with E-state index in [4.69, 9.17) is 0 Å². The molecule has 0 unspecified atom stereocenters. The molecule has 1 aliphatic heterocycles. The van der Waals surface area contributed by atoms with Crippen LogP contribution in [0.1, 0.15) is 12.1 Å². The summed E-state index contributed by atoms with van der Waals surface area (Å²) in [6.45, 7) is 3.49. The lowest BCUT2D eigenvalue weighted by Gasteiger charge is -2.19. The number of pyridine rings is 1. The molecule has 0 aliphatic carbocycles. The summed E-state index contributed by atoms with van der Waals surface area (Å²) in [5.74, 6) is 0.163. The topological polar surface area (TPSA) is 58.1 Å². The molecule has 2 aromatic rings. The van der Waals surface area contributed by atoms with E-state index >= 15 is 0 Å². The molecule has 23 heavy (non-hydrogen) atoms. The Labute approximate surface area is 152 Å². The summed E-state index contributed by atoms with van der Waals surface area (Å²) in [6, 6.07) is 5.76. The number of hydrogen-bond donors (Lipinski definition) is 1. The number of rotatable bonds is 3. The van der Waals surface area contributed by atoms with Gasteiger partial charge in [-0.05, 0) is 25.1 Å². The quantitative estimate of drug-likeness (QED) is 0.895. The van der Waals surface area contributed by atoms with Gasteiger partial charge in [-0.25, -0.2) is 4.98 Å². The van der Waals surface area contributed by atoms with Crippen LogP contribution in [0.5, 0.6) is 0 Å². The van der Waals surface area contributed by atoms with Gasteiger partial charge in [-0.2, -0.15) is 0 Å². The van der Waals surface area contributed by atoms with E-state index in [1.54, 1.807) is 6.20 Å². The molecule has 1 fully saturated rings. The predicted molar refractivity (Wildman–Crippen MR) is 97.6 cm³/mol. The van der Waals surface area contributed by atoms with Gasteiger partial charge in [0.05, 0.1) is 17.8 Å². The van der Waals surface area contributed by atoms with Gasteiger partial charge in [0.1, 0.15) is 5.01 Å². The fraction of sp³-hybridized carbons (Fsp3) is 0.400. The van der Waals surface area contributed by atoms with E-state index in [2.05, 4.69) is 15.3 Å².